The number of amides is 2. The number of nitrogens with zero attached hydrogens (tertiary/aromatic N) is 3. The standard InChI is InChI=1S/C20H17FN6O/c1-13-11-18(26-27(13)17-10-6-5-9-15(17)21)24-20(28)23-16-12-22-25-19(16)14-7-3-2-4-8-14/h2-12H,1H3,(H,22,25)(H2,23,24,26,28). The lowest BCUT2D eigenvalue weighted by Crippen LogP contribution is -2.20. The molecule has 2 aromatic heterocycles. The third-order valence-electron chi connectivity index (χ3n) is 4.16. The summed E-state index contributed by atoms with van der Waals surface area (Å²) in [4.78, 5) is 12.4. The summed E-state index contributed by atoms with van der Waals surface area (Å²) in [6, 6.07) is 17.0. The summed E-state index contributed by atoms with van der Waals surface area (Å²) in [6.07, 6.45) is 1.53. The van der Waals surface area contributed by atoms with Gasteiger partial charge >= 0.3 is 6.03 Å². The minimum Gasteiger partial charge on any atom is -0.304 e. The zero-order chi connectivity index (χ0) is 19.5. The van der Waals surface area contributed by atoms with Crippen LogP contribution in [0.5, 0.6) is 0 Å². The molecular formula is C20H17FN6O. The SMILES string of the molecule is Cc1cc(NC(=O)Nc2cn[nH]c2-c2ccccc2)nn1-c1ccccc1F. The topological polar surface area (TPSA) is 87.6 Å². The summed E-state index contributed by atoms with van der Waals surface area (Å²) >= 11 is 0. The van der Waals surface area contributed by atoms with Gasteiger partial charge in [-0.15, -0.1) is 5.10 Å². The van der Waals surface area contributed by atoms with Gasteiger partial charge in [-0.3, -0.25) is 10.4 Å². The van der Waals surface area contributed by atoms with Crippen LogP contribution in [-0.4, -0.2) is 26.0 Å². The van der Waals surface area contributed by atoms with Crippen molar-refractivity contribution >= 4 is 17.5 Å². The summed E-state index contributed by atoms with van der Waals surface area (Å²) in [7, 11) is 0. The van der Waals surface area contributed by atoms with E-state index < -0.39 is 11.8 Å². The maximum absolute atomic E-state index is 14.0. The molecule has 0 saturated carbocycles. The Morgan fingerprint density at radius 3 is 2.61 bits per heavy atom. The van der Waals surface area contributed by atoms with Crippen molar-refractivity contribution in [3.05, 3.63) is 78.4 Å². The summed E-state index contributed by atoms with van der Waals surface area (Å²) < 4.78 is 15.5. The second-order valence-corrected chi connectivity index (χ2v) is 6.14. The lowest BCUT2D eigenvalue weighted by Gasteiger charge is -2.07. The first-order chi connectivity index (χ1) is 13.6. The second kappa shape index (κ2) is 7.36. The van der Waals surface area contributed by atoms with Gasteiger partial charge in [0.05, 0.1) is 17.6 Å². The van der Waals surface area contributed by atoms with Crippen molar-refractivity contribution in [2.24, 2.45) is 0 Å². The molecule has 3 N–H and O–H groups in total. The Kier molecular flexibility index (Phi) is 4.59. The summed E-state index contributed by atoms with van der Waals surface area (Å²) in [6.45, 7) is 1.78. The molecule has 7 nitrogen and oxygen atoms in total. The first kappa shape index (κ1) is 17.5. The molecule has 0 unspecified atom stereocenters. The lowest BCUT2D eigenvalue weighted by molar-refractivity contribution is 0.262. The minimum atomic E-state index is -0.475. The van der Waals surface area contributed by atoms with Gasteiger partial charge in [-0.2, -0.15) is 5.10 Å². The van der Waals surface area contributed by atoms with E-state index in [-0.39, 0.29) is 0 Å². The van der Waals surface area contributed by atoms with Gasteiger partial charge in [-0.25, -0.2) is 13.9 Å². The fraction of sp³-hybridized carbons (Fsp3) is 0.0500. The number of nitrogens with one attached hydrogen (secondary N) is 3. The molecule has 8 heteroatoms. The van der Waals surface area contributed by atoms with Crippen LogP contribution >= 0.6 is 0 Å². The van der Waals surface area contributed by atoms with Crippen molar-refractivity contribution in [3.63, 3.8) is 0 Å². The number of urea groups is 1. The zero-order valence-corrected chi connectivity index (χ0v) is 15.0. The van der Waals surface area contributed by atoms with E-state index in [0.717, 1.165) is 5.56 Å². The Balaban J connectivity index is 1.51. The number of H-pyrrole nitrogens is 1. The largest absolute Gasteiger partial charge is 0.325 e. The number of aryl methyl sites for hydroxylation is 1. The van der Waals surface area contributed by atoms with Gasteiger partial charge < -0.3 is 5.32 Å². The van der Waals surface area contributed by atoms with Crippen LogP contribution in [-0.2, 0) is 0 Å². The van der Waals surface area contributed by atoms with Crippen molar-refractivity contribution in [2.45, 2.75) is 6.92 Å². The first-order valence-corrected chi connectivity index (χ1v) is 8.60. The maximum atomic E-state index is 14.0. The second-order valence-electron chi connectivity index (χ2n) is 6.14. The van der Waals surface area contributed by atoms with E-state index in [1.54, 1.807) is 31.2 Å². The molecule has 0 radical (unpaired) electrons. The van der Waals surface area contributed by atoms with Crippen LogP contribution in [0.15, 0.2) is 66.9 Å². The number of hydrogen-bond acceptors (Lipinski definition) is 3. The van der Waals surface area contributed by atoms with Gasteiger partial charge in [0.1, 0.15) is 11.5 Å². The van der Waals surface area contributed by atoms with E-state index >= 15 is 0 Å². The van der Waals surface area contributed by atoms with Gasteiger partial charge in [-0.05, 0) is 19.1 Å². The van der Waals surface area contributed by atoms with Crippen molar-refractivity contribution in [2.75, 3.05) is 10.6 Å². The number of benzene rings is 2. The van der Waals surface area contributed by atoms with Crippen LogP contribution < -0.4 is 10.6 Å². The highest BCUT2D eigenvalue weighted by Crippen LogP contribution is 2.25. The third-order valence-corrected chi connectivity index (χ3v) is 4.16. The minimum absolute atomic E-state index is 0.308. The normalized spacial score (nSPS) is 10.6. The Bertz CT molecular complexity index is 1120. The van der Waals surface area contributed by atoms with Crippen LogP contribution in [0.3, 0.4) is 0 Å². The number of halogens is 1. The van der Waals surface area contributed by atoms with E-state index in [1.165, 1.54) is 16.9 Å². The van der Waals surface area contributed by atoms with Crippen LogP contribution in [0.1, 0.15) is 5.69 Å². The number of rotatable bonds is 4. The molecule has 0 fully saturated rings. The monoisotopic (exact) mass is 376 g/mol. The van der Waals surface area contributed by atoms with Crippen LogP contribution in [0.25, 0.3) is 16.9 Å². The quantitative estimate of drug-likeness (QED) is 0.495. The summed E-state index contributed by atoms with van der Waals surface area (Å²) in [5.74, 6) is -0.0846. The van der Waals surface area contributed by atoms with E-state index in [9.17, 15) is 9.18 Å². The van der Waals surface area contributed by atoms with Gasteiger partial charge in [0.2, 0.25) is 0 Å². The number of anilines is 2. The lowest BCUT2D eigenvalue weighted by atomic mass is 10.1. The molecule has 2 heterocycles. The van der Waals surface area contributed by atoms with Crippen molar-refractivity contribution in [3.8, 4) is 16.9 Å². The molecule has 0 aliphatic heterocycles. The average Bonchev–Trinajstić information content (AvgIpc) is 3.29. The molecule has 28 heavy (non-hydrogen) atoms. The van der Waals surface area contributed by atoms with E-state index in [4.69, 9.17) is 0 Å². The van der Waals surface area contributed by atoms with Crippen LogP contribution in [0.2, 0.25) is 0 Å². The van der Waals surface area contributed by atoms with Gasteiger partial charge in [-0.1, -0.05) is 42.5 Å². The number of para-hydroxylation sites is 1. The molecule has 0 bridgehead atoms. The van der Waals surface area contributed by atoms with Crippen molar-refractivity contribution < 1.29 is 9.18 Å². The highest BCUT2D eigenvalue weighted by atomic mass is 19.1. The number of hydrogen-bond donors (Lipinski definition) is 3. The van der Waals surface area contributed by atoms with Crippen molar-refractivity contribution in [1.82, 2.24) is 20.0 Å². The van der Waals surface area contributed by atoms with Crippen molar-refractivity contribution in [1.29, 1.82) is 0 Å². The summed E-state index contributed by atoms with van der Waals surface area (Å²) in [5, 5.41) is 16.6. The molecule has 4 rings (SSSR count). The molecule has 140 valence electrons. The molecule has 2 amide bonds. The van der Waals surface area contributed by atoms with Gasteiger partial charge in [0.25, 0.3) is 0 Å². The Morgan fingerprint density at radius 2 is 1.82 bits per heavy atom. The highest BCUT2D eigenvalue weighted by molar-refractivity contribution is 6.01. The molecule has 4 aromatic rings. The number of aromatic nitrogens is 4. The van der Waals surface area contributed by atoms with Crippen LogP contribution in [0.4, 0.5) is 20.7 Å². The molecule has 0 saturated heterocycles. The number of carbonyl (C=O) groups is 1. The van der Waals surface area contributed by atoms with E-state index in [2.05, 4.69) is 25.9 Å². The average molecular weight is 376 g/mol. The number of aromatic amines is 1. The molecule has 2 aromatic carbocycles. The molecule has 0 aliphatic rings. The molecule has 0 spiro atoms. The third kappa shape index (κ3) is 3.48. The number of carbonyl (C=O) groups excluding carboxylic acids is 1. The van der Waals surface area contributed by atoms with Gasteiger partial charge in [0, 0.05) is 17.3 Å². The Morgan fingerprint density at radius 1 is 1.07 bits per heavy atom. The fourth-order valence-corrected chi connectivity index (χ4v) is 2.88. The van der Waals surface area contributed by atoms with E-state index in [1.807, 2.05) is 30.3 Å². The Hall–Kier alpha value is -3.94. The van der Waals surface area contributed by atoms with Gasteiger partial charge in [0.15, 0.2) is 5.82 Å². The molecule has 0 atom stereocenters. The maximum Gasteiger partial charge on any atom is 0.325 e. The Labute approximate surface area is 160 Å². The predicted octanol–water partition coefficient (Wildman–Crippen LogP) is 4.35. The zero-order valence-electron chi connectivity index (χ0n) is 15.0. The predicted molar refractivity (Wildman–Crippen MR) is 105 cm³/mol. The van der Waals surface area contributed by atoms with Crippen LogP contribution in [0, 0.1) is 12.7 Å². The summed E-state index contributed by atoms with van der Waals surface area (Å²) in [5.41, 5.74) is 3.14. The smallest absolute Gasteiger partial charge is 0.304 e. The van der Waals surface area contributed by atoms with E-state index in [0.29, 0.717) is 28.6 Å². The first-order valence-electron chi connectivity index (χ1n) is 8.60. The fourth-order valence-electron chi connectivity index (χ4n) is 2.88. The molecular weight excluding hydrogens is 359 g/mol. The highest BCUT2D eigenvalue weighted by Gasteiger charge is 2.14. The molecule has 0 aliphatic carbocycles.